The van der Waals surface area contributed by atoms with Gasteiger partial charge in [0.25, 0.3) is 0 Å². The van der Waals surface area contributed by atoms with Gasteiger partial charge in [-0.3, -0.25) is 0 Å². The summed E-state index contributed by atoms with van der Waals surface area (Å²) in [6, 6.07) is 4.12. The molecule has 1 unspecified atom stereocenters. The molecule has 1 atom stereocenters. The van der Waals surface area contributed by atoms with Gasteiger partial charge in [-0.25, -0.2) is 0 Å². The Hall–Kier alpha value is -1.28. The van der Waals surface area contributed by atoms with Crippen molar-refractivity contribution in [3.05, 3.63) is 41.5 Å². The maximum Gasteiger partial charge on any atom is 0.124 e. The van der Waals surface area contributed by atoms with Crippen LogP contribution in [0.15, 0.2) is 24.8 Å². The third kappa shape index (κ3) is 2.60. The lowest BCUT2D eigenvalue weighted by atomic mass is 9.96. The quantitative estimate of drug-likeness (QED) is 0.767. The predicted octanol–water partition coefficient (Wildman–Crippen LogP) is 2.89. The standard InChI is InChI=1S/C13H19NO/c1-5-6-11(14)13-10(3)7-9(2)8-12(13)15-4/h5,7-8,11H,1,6,14H2,2-4H3. The van der Waals surface area contributed by atoms with Crippen LogP contribution >= 0.6 is 0 Å². The van der Waals surface area contributed by atoms with E-state index in [2.05, 4.69) is 26.5 Å². The summed E-state index contributed by atoms with van der Waals surface area (Å²) < 4.78 is 5.36. The number of aryl methyl sites for hydroxylation is 2. The summed E-state index contributed by atoms with van der Waals surface area (Å²) in [5, 5.41) is 0. The van der Waals surface area contributed by atoms with Gasteiger partial charge in [0.1, 0.15) is 5.75 Å². The molecule has 0 bridgehead atoms. The van der Waals surface area contributed by atoms with E-state index < -0.39 is 0 Å². The molecule has 0 heterocycles. The largest absolute Gasteiger partial charge is 0.496 e. The zero-order valence-corrected chi connectivity index (χ0v) is 9.71. The van der Waals surface area contributed by atoms with Crippen LogP contribution in [0.3, 0.4) is 0 Å². The maximum atomic E-state index is 6.08. The molecule has 0 spiro atoms. The van der Waals surface area contributed by atoms with Crippen LogP contribution in [0.1, 0.15) is 29.2 Å². The van der Waals surface area contributed by atoms with Crippen molar-refractivity contribution in [3.8, 4) is 5.75 Å². The number of hydrogen-bond acceptors (Lipinski definition) is 2. The average Bonchev–Trinajstić information content (AvgIpc) is 2.16. The smallest absolute Gasteiger partial charge is 0.124 e. The van der Waals surface area contributed by atoms with Crippen LogP contribution in [-0.4, -0.2) is 7.11 Å². The monoisotopic (exact) mass is 205 g/mol. The first-order valence-corrected chi connectivity index (χ1v) is 5.11. The van der Waals surface area contributed by atoms with Gasteiger partial charge >= 0.3 is 0 Å². The fourth-order valence-corrected chi connectivity index (χ4v) is 1.88. The minimum Gasteiger partial charge on any atom is -0.496 e. The second-order valence-corrected chi connectivity index (χ2v) is 3.83. The Morgan fingerprint density at radius 2 is 2.13 bits per heavy atom. The lowest BCUT2D eigenvalue weighted by Gasteiger charge is -2.17. The van der Waals surface area contributed by atoms with Gasteiger partial charge in [0, 0.05) is 11.6 Å². The first-order chi connectivity index (χ1) is 7.10. The molecule has 2 N–H and O–H groups in total. The molecule has 1 aromatic rings. The fraction of sp³-hybridized carbons (Fsp3) is 0.385. The zero-order valence-electron chi connectivity index (χ0n) is 9.71. The molecule has 0 saturated carbocycles. The van der Waals surface area contributed by atoms with Gasteiger partial charge in [-0.2, -0.15) is 0 Å². The second-order valence-electron chi connectivity index (χ2n) is 3.83. The molecular formula is C13H19NO. The maximum absolute atomic E-state index is 6.08. The van der Waals surface area contributed by atoms with Crippen molar-refractivity contribution in [2.24, 2.45) is 5.73 Å². The van der Waals surface area contributed by atoms with Crippen LogP contribution in [0.25, 0.3) is 0 Å². The minimum atomic E-state index is -0.0296. The zero-order chi connectivity index (χ0) is 11.4. The summed E-state index contributed by atoms with van der Waals surface area (Å²) in [5.74, 6) is 0.877. The topological polar surface area (TPSA) is 35.2 Å². The van der Waals surface area contributed by atoms with E-state index in [1.807, 2.05) is 12.1 Å². The molecule has 0 fully saturated rings. The van der Waals surface area contributed by atoms with E-state index in [1.54, 1.807) is 7.11 Å². The predicted molar refractivity (Wildman–Crippen MR) is 64.2 cm³/mol. The Labute approximate surface area is 91.7 Å². The minimum absolute atomic E-state index is 0.0296. The number of benzene rings is 1. The Morgan fingerprint density at radius 1 is 1.47 bits per heavy atom. The highest BCUT2D eigenvalue weighted by atomic mass is 16.5. The van der Waals surface area contributed by atoms with E-state index in [-0.39, 0.29) is 6.04 Å². The molecule has 1 aromatic carbocycles. The average molecular weight is 205 g/mol. The van der Waals surface area contributed by atoms with Crippen molar-refractivity contribution in [2.45, 2.75) is 26.3 Å². The van der Waals surface area contributed by atoms with E-state index in [0.717, 1.165) is 17.7 Å². The number of rotatable bonds is 4. The molecule has 0 saturated heterocycles. The van der Waals surface area contributed by atoms with Gasteiger partial charge in [-0.15, -0.1) is 6.58 Å². The normalized spacial score (nSPS) is 12.3. The summed E-state index contributed by atoms with van der Waals surface area (Å²) in [6.07, 6.45) is 2.60. The molecule has 2 nitrogen and oxygen atoms in total. The molecule has 0 aliphatic heterocycles. The molecule has 0 aromatic heterocycles. The molecule has 82 valence electrons. The van der Waals surface area contributed by atoms with E-state index in [1.165, 1.54) is 11.1 Å². The summed E-state index contributed by atoms with van der Waals surface area (Å²) >= 11 is 0. The van der Waals surface area contributed by atoms with Gasteiger partial charge < -0.3 is 10.5 Å². The van der Waals surface area contributed by atoms with Gasteiger partial charge in [0.05, 0.1) is 7.11 Å². The summed E-state index contributed by atoms with van der Waals surface area (Å²) in [7, 11) is 1.68. The van der Waals surface area contributed by atoms with E-state index in [0.29, 0.717) is 0 Å². The molecule has 0 amide bonds. The van der Waals surface area contributed by atoms with Crippen LogP contribution in [0, 0.1) is 13.8 Å². The summed E-state index contributed by atoms with van der Waals surface area (Å²) in [5.41, 5.74) is 9.54. The van der Waals surface area contributed by atoms with Crippen LogP contribution in [-0.2, 0) is 0 Å². The molecule has 15 heavy (non-hydrogen) atoms. The molecule has 0 radical (unpaired) electrons. The van der Waals surface area contributed by atoms with Crippen molar-refractivity contribution >= 4 is 0 Å². The summed E-state index contributed by atoms with van der Waals surface area (Å²) in [6.45, 7) is 7.83. The first-order valence-electron chi connectivity index (χ1n) is 5.11. The molecule has 0 aliphatic carbocycles. The Balaban J connectivity index is 3.19. The lowest BCUT2D eigenvalue weighted by molar-refractivity contribution is 0.405. The third-order valence-electron chi connectivity index (χ3n) is 2.50. The Bertz CT molecular complexity index is 358. The first kappa shape index (κ1) is 11.8. The van der Waals surface area contributed by atoms with E-state index >= 15 is 0 Å². The van der Waals surface area contributed by atoms with Gasteiger partial charge in [-0.05, 0) is 37.5 Å². The number of ether oxygens (including phenoxy) is 1. The highest BCUT2D eigenvalue weighted by molar-refractivity contribution is 5.45. The van der Waals surface area contributed by atoms with Crippen LogP contribution < -0.4 is 10.5 Å². The third-order valence-corrected chi connectivity index (χ3v) is 2.50. The van der Waals surface area contributed by atoms with Crippen molar-refractivity contribution < 1.29 is 4.74 Å². The van der Waals surface area contributed by atoms with E-state index in [9.17, 15) is 0 Å². The van der Waals surface area contributed by atoms with Gasteiger partial charge in [0.15, 0.2) is 0 Å². The van der Waals surface area contributed by atoms with Crippen LogP contribution in [0.2, 0.25) is 0 Å². The number of nitrogens with two attached hydrogens (primary N) is 1. The number of hydrogen-bond donors (Lipinski definition) is 1. The van der Waals surface area contributed by atoms with Gasteiger partial charge in [0.2, 0.25) is 0 Å². The number of methoxy groups -OCH3 is 1. The van der Waals surface area contributed by atoms with Crippen molar-refractivity contribution in [3.63, 3.8) is 0 Å². The van der Waals surface area contributed by atoms with Crippen molar-refractivity contribution in [2.75, 3.05) is 7.11 Å². The van der Waals surface area contributed by atoms with Crippen LogP contribution in [0.4, 0.5) is 0 Å². The molecular weight excluding hydrogens is 186 g/mol. The second kappa shape index (κ2) is 4.99. The Kier molecular flexibility index (Phi) is 3.92. The van der Waals surface area contributed by atoms with Crippen molar-refractivity contribution in [1.82, 2.24) is 0 Å². The van der Waals surface area contributed by atoms with Crippen LogP contribution in [0.5, 0.6) is 5.75 Å². The highest BCUT2D eigenvalue weighted by Crippen LogP contribution is 2.30. The lowest BCUT2D eigenvalue weighted by Crippen LogP contribution is -2.12. The fourth-order valence-electron chi connectivity index (χ4n) is 1.88. The summed E-state index contributed by atoms with van der Waals surface area (Å²) in [4.78, 5) is 0. The Morgan fingerprint density at radius 3 is 2.67 bits per heavy atom. The van der Waals surface area contributed by atoms with Gasteiger partial charge in [-0.1, -0.05) is 12.1 Å². The highest BCUT2D eigenvalue weighted by Gasteiger charge is 2.13. The van der Waals surface area contributed by atoms with Crippen molar-refractivity contribution in [1.29, 1.82) is 0 Å². The molecule has 0 aliphatic rings. The van der Waals surface area contributed by atoms with E-state index in [4.69, 9.17) is 10.5 Å². The SMILES string of the molecule is C=CCC(N)c1c(C)cc(C)cc1OC. The molecule has 2 heteroatoms. The molecule has 1 rings (SSSR count).